The van der Waals surface area contributed by atoms with E-state index in [1.165, 1.54) is 6.92 Å². The smallest absolute Gasteiger partial charge is 0.191 e. The molecule has 0 bridgehead atoms. The maximum absolute atomic E-state index is 11.9. The van der Waals surface area contributed by atoms with Gasteiger partial charge in [-0.3, -0.25) is 4.79 Å². The molecular weight excluding hydrogens is 292 g/mol. The number of hydrogen-bond donors (Lipinski definition) is 0. The molecule has 0 unspecified atom stereocenters. The fourth-order valence-electron chi connectivity index (χ4n) is 1.24. The lowest BCUT2D eigenvalue weighted by Crippen LogP contribution is -2.26. The molecule has 0 spiro atoms. The Balaban J connectivity index is 3.04. The molecule has 0 saturated carbocycles. The van der Waals surface area contributed by atoms with E-state index in [1.807, 2.05) is 13.0 Å². The minimum Gasteiger partial charge on any atom is -0.292 e. The number of alkyl halides is 1. The summed E-state index contributed by atoms with van der Waals surface area (Å²) >= 11 is 2.95. The Morgan fingerprint density at radius 3 is 2.56 bits per heavy atom. The summed E-state index contributed by atoms with van der Waals surface area (Å²) in [6.07, 6.45) is 0. The van der Waals surface area contributed by atoms with Gasteiger partial charge in [-0.2, -0.15) is 0 Å². The average molecular weight is 305 g/mol. The van der Waals surface area contributed by atoms with Crippen molar-refractivity contribution >= 4 is 31.6 Å². The lowest BCUT2D eigenvalue weighted by molar-refractivity contribution is 0.101. The van der Waals surface area contributed by atoms with Crippen LogP contribution in [-0.4, -0.2) is 24.1 Å². The highest BCUT2D eigenvalue weighted by molar-refractivity contribution is 9.11. The van der Waals surface area contributed by atoms with Gasteiger partial charge in [0.15, 0.2) is 19.8 Å². The molecule has 0 amide bonds. The highest BCUT2D eigenvalue weighted by Crippen LogP contribution is 2.17. The molecule has 0 fully saturated rings. The first kappa shape index (κ1) is 13.4. The molecule has 0 N–H and O–H groups in total. The van der Waals surface area contributed by atoms with Gasteiger partial charge in [-0.25, -0.2) is 8.42 Å². The molecule has 0 heterocycles. The van der Waals surface area contributed by atoms with E-state index in [0.29, 0.717) is 5.56 Å². The lowest BCUT2D eigenvalue weighted by Gasteiger charge is -2.09. The van der Waals surface area contributed by atoms with Crippen molar-refractivity contribution in [3.8, 4) is 0 Å². The topological polar surface area (TPSA) is 51.2 Å². The zero-order valence-corrected chi connectivity index (χ0v) is 11.5. The number of sulfone groups is 1. The van der Waals surface area contributed by atoms with Crippen LogP contribution >= 0.6 is 15.9 Å². The summed E-state index contributed by atoms with van der Waals surface area (Å²) in [6.45, 7) is 3.38. The third-order valence-electron chi connectivity index (χ3n) is 2.23. The van der Waals surface area contributed by atoms with Crippen LogP contribution < -0.4 is 0 Å². The Morgan fingerprint density at radius 1 is 1.44 bits per heavy atom. The quantitative estimate of drug-likeness (QED) is 0.634. The Hall–Kier alpha value is -0.680. The molecule has 0 aliphatic carbocycles. The first-order valence-corrected chi connectivity index (χ1v) is 7.48. The molecule has 1 atom stereocenters. The molecule has 0 aliphatic heterocycles. The van der Waals surface area contributed by atoms with Crippen LogP contribution in [0.2, 0.25) is 0 Å². The van der Waals surface area contributed by atoms with Crippen molar-refractivity contribution in [2.24, 2.45) is 0 Å². The lowest BCUT2D eigenvalue weighted by atomic mass is 10.1. The van der Waals surface area contributed by atoms with Crippen molar-refractivity contribution in [3.63, 3.8) is 0 Å². The molecule has 3 nitrogen and oxygen atoms in total. The minimum atomic E-state index is -3.39. The van der Waals surface area contributed by atoms with Gasteiger partial charge in [0.1, 0.15) is 0 Å². The molecule has 0 aromatic heterocycles. The summed E-state index contributed by atoms with van der Waals surface area (Å²) in [5.41, 5.74) is 1.35. The third-order valence-corrected chi connectivity index (χ3v) is 6.00. The number of halogens is 1. The SMILES string of the molecule is CCS(=O)(=O)[C@@H](Br)C(=O)c1cccc(C)c1. The van der Waals surface area contributed by atoms with Gasteiger partial charge in [0.05, 0.1) is 0 Å². The number of hydrogen-bond acceptors (Lipinski definition) is 3. The fraction of sp³-hybridized carbons (Fsp3) is 0.364. The van der Waals surface area contributed by atoms with Gasteiger partial charge < -0.3 is 0 Å². The summed E-state index contributed by atoms with van der Waals surface area (Å²) in [5, 5.41) is 0. The maximum Gasteiger partial charge on any atom is 0.191 e. The predicted molar refractivity (Wildman–Crippen MR) is 67.7 cm³/mol. The molecular formula is C11H13BrO3S. The number of rotatable bonds is 4. The summed E-state index contributed by atoms with van der Waals surface area (Å²) in [5.74, 6) is -0.467. The third kappa shape index (κ3) is 2.92. The van der Waals surface area contributed by atoms with Crippen LogP contribution in [0, 0.1) is 6.92 Å². The Bertz CT molecular complexity index is 494. The summed E-state index contributed by atoms with van der Waals surface area (Å²) in [6, 6.07) is 6.89. The zero-order valence-electron chi connectivity index (χ0n) is 9.10. The maximum atomic E-state index is 11.9. The van der Waals surface area contributed by atoms with E-state index in [-0.39, 0.29) is 5.75 Å². The summed E-state index contributed by atoms with van der Waals surface area (Å²) < 4.78 is 21.9. The Morgan fingerprint density at radius 2 is 2.06 bits per heavy atom. The molecule has 1 rings (SSSR count). The second-order valence-corrected chi connectivity index (χ2v) is 7.40. The van der Waals surface area contributed by atoms with E-state index in [1.54, 1.807) is 18.2 Å². The molecule has 1 aromatic carbocycles. The Labute approximate surface area is 104 Å². The van der Waals surface area contributed by atoms with Crippen LogP contribution in [0.4, 0.5) is 0 Å². The van der Waals surface area contributed by atoms with Gasteiger partial charge in [-0.15, -0.1) is 0 Å². The second-order valence-electron chi connectivity index (χ2n) is 3.50. The van der Waals surface area contributed by atoms with E-state index in [9.17, 15) is 13.2 Å². The van der Waals surface area contributed by atoms with E-state index < -0.39 is 19.8 Å². The molecule has 5 heteroatoms. The van der Waals surface area contributed by atoms with Crippen molar-refractivity contribution in [1.29, 1.82) is 0 Å². The van der Waals surface area contributed by atoms with Crippen LogP contribution in [0.25, 0.3) is 0 Å². The number of ketones is 1. The highest BCUT2D eigenvalue weighted by atomic mass is 79.9. The van der Waals surface area contributed by atoms with Gasteiger partial charge in [-0.1, -0.05) is 46.6 Å². The van der Waals surface area contributed by atoms with Crippen molar-refractivity contribution in [2.75, 3.05) is 5.75 Å². The van der Waals surface area contributed by atoms with Crippen LogP contribution in [0.3, 0.4) is 0 Å². The van der Waals surface area contributed by atoms with Crippen molar-refractivity contribution in [2.45, 2.75) is 18.0 Å². The summed E-state index contributed by atoms with van der Waals surface area (Å²) in [4.78, 5) is 11.9. The van der Waals surface area contributed by atoms with E-state index in [0.717, 1.165) is 5.56 Å². The average Bonchev–Trinajstić information content (AvgIpc) is 2.27. The number of Topliss-reactive ketones (excluding diaryl/α,β-unsaturated/α-hetero) is 1. The molecule has 88 valence electrons. The Kier molecular flexibility index (Phi) is 4.27. The first-order chi connectivity index (χ1) is 7.38. The zero-order chi connectivity index (χ0) is 12.3. The molecule has 0 saturated heterocycles. The van der Waals surface area contributed by atoms with E-state index in [4.69, 9.17) is 0 Å². The largest absolute Gasteiger partial charge is 0.292 e. The first-order valence-electron chi connectivity index (χ1n) is 4.85. The van der Waals surface area contributed by atoms with Crippen molar-refractivity contribution in [3.05, 3.63) is 35.4 Å². The van der Waals surface area contributed by atoms with E-state index >= 15 is 0 Å². The highest BCUT2D eigenvalue weighted by Gasteiger charge is 2.28. The fourth-order valence-corrected chi connectivity index (χ4v) is 3.05. The molecule has 1 aromatic rings. The molecule has 0 aliphatic rings. The number of carbonyl (C=O) groups excluding carboxylic acids is 1. The van der Waals surface area contributed by atoms with Crippen molar-refractivity contribution in [1.82, 2.24) is 0 Å². The number of carbonyl (C=O) groups is 1. The van der Waals surface area contributed by atoms with Gasteiger partial charge in [0.2, 0.25) is 0 Å². The van der Waals surface area contributed by atoms with Crippen LogP contribution in [0.1, 0.15) is 22.8 Å². The monoisotopic (exact) mass is 304 g/mol. The minimum absolute atomic E-state index is 0.0551. The number of aryl methyl sites for hydroxylation is 1. The van der Waals surface area contributed by atoms with Crippen molar-refractivity contribution < 1.29 is 13.2 Å². The summed E-state index contributed by atoms with van der Waals surface area (Å²) in [7, 11) is -3.39. The van der Waals surface area contributed by atoms with Crippen LogP contribution in [-0.2, 0) is 9.84 Å². The number of benzene rings is 1. The van der Waals surface area contributed by atoms with E-state index in [2.05, 4.69) is 15.9 Å². The van der Waals surface area contributed by atoms with Gasteiger partial charge in [0.25, 0.3) is 0 Å². The normalized spacial score (nSPS) is 13.4. The van der Waals surface area contributed by atoms with Gasteiger partial charge in [0, 0.05) is 11.3 Å². The van der Waals surface area contributed by atoms with Crippen LogP contribution in [0.15, 0.2) is 24.3 Å². The molecule has 0 radical (unpaired) electrons. The second kappa shape index (κ2) is 5.10. The van der Waals surface area contributed by atoms with Gasteiger partial charge in [-0.05, 0) is 13.0 Å². The predicted octanol–water partition coefficient (Wildman–Crippen LogP) is 2.33. The standard InChI is InChI=1S/C11H13BrO3S/c1-3-16(14,15)11(12)10(13)9-6-4-5-8(2)7-9/h4-7,11H,3H2,1-2H3/t11-/m1/s1. The molecule has 16 heavy (non-hydrogen) atoms. The van der Waals surface area contributed by atoms with Crippen LogP contribution in [0.5, 0.6) is 0 Å². The van der Waals surface area contributed by atoms with Gasteiger partial charge >= 0.3 is 0 Å².